The minimum atomic E-state index is 0.628. The lowest BCUT2D eigenvalue weighted by atomic mass is 10.2. The topological polar surface area (TPSA) is 26.0 Å². The minimum absolute atomic E-state index is 0.628. The van der Waals surface area contributed by atoms with Crippen LogP contribution in [0.2, 0.25) is 0 Å². The van der Waals surface area contributed by atoms with Crippen LogP contribution in [0.15, 0.2) is 35.0 Å². The Bertz CT molecular complexity index is 189. The molecule has 0 unspecified atom stereocenters. The van der Waals surface area contributed by atoms with Crippen molar-refractivity contribution in [2.45, 2.75) is 13.8 Å². The van der Waals surface area contributed by atoms with Gasteiger partial charge in [-0.2, -0.15) is 0 Å². The summed E-state index contributed by atoms with van der Waals surface area (Å²) < 4.78 is 0. The van der Waals surface area contributed by atoms with E-state index in [1.807, 2.05) is 13.8 Å². The third-order valence-electron chi connectivity index (χ3n) is 1.26. The largest absolute Gasteiger partial charge is 0.398 e. The predicted molar refractivity (Wildman–Crippen MR) is 46.7 cm³/mol. The van der Waals surface area contributed by atoms with Crippen LogP contribution in [-0.4, -0.2) is 0 Å². The summed E-state index contributed by atoms with van der Waals surface area (Å²) in [5.41, 5.74) is 7.03. The molecule has 0 saturated heterocycles. The maximum Gasteiger partial charge on any atom is 0.0413 e. The van der Waals surface area contributed by atoms with Crippen LogP contribution in [0.25, 0.3) is 0 Å². The Labute approximate surface area is 66.9 Å². The van der Waals surface area contributed by atoms with Crippen LogP contribution in [0.5, 0.6) is 0 Å². The van der Waals surface area contributed by atoms with Crippen molar-refractivity contribution < 1.29 is 0 Å². The molecule has 0 aliphatic carbocycles. The highest BCUT2D eigenvalue weighted by Crippen LogP contribution is 2.15. The van der Waals surface area contributed by atoms with E-state index >= 15 is 0 Å². The lowest BCUT2D eigenvalue weighted by Gasteiger charge is -2.00. The van der Waals surface area contributed by atoms with Gasteiger partial charge in [-0.05, 0) is 25.5 Å². The van der Waals surface area contributed by atoms with Crippen molar-refractivity contribution in [2.24, 2.45) is 5.73 Å². The van der Waals surface area contributed by atoms with Gasteiger partial charge >= 0.3 is 0 Å². The molecule has 1 nitrogen and oxygen atoms in total. The zero-order valence-corrected chi connectivity index (χ0v) is 7.07. The predicted octanol–water partition coefficient (Wildman–Crippen LogP) is 2.55. The molecule has 0 amide bonds. The minimum Gasteiger partial charge on any atom is -0.398 e. The number of nitrogens with two attached hydrogens (primary N) is 1. The van der Waals surface area contributed by atoms with Gasteiger partial charge in [-0.1, -0.05) is 24.3 Å². The summed E-state index contributed by atoms with van der Waals surface area (Å²) >= 11 is 5.76. The quantitative estimate of drug-likeness (QED) is 0.613. The normalized spacial score (nSPS) is 14.5. The SMILES string of the molecule is C=C/C(N)=C(C)\C(Cl)=C/C. The summed E-state index contributed by atoms with van der Waals surface area (Å²) in [5, 5.41) is 0.678. The first-order valence-electron chi connectivity index (χ1n) is 3.04. The van der Waals surface area contributed by atoms with E-state index in [1.54, 1.807) is 12.2 Å². The number of allylic oxidation sites excluding steroid dienone is 4. The molecule has 0 saturated carbocycles. The van der Waals surface area contributed by atoms with E-state index in [4.69, 9.17) is 17.3 Å². The Morgan fingerprint density at radius 2 is 2.10 bits per heavy atom. The summed E-state index contributed by atoms with van der Waals surface area (Å²) in [4.78, 5) is 0. The molecule has 0 heterocycles. The van der Waals surface area contributed by atoms with Crippen molar-refractivity contribution in [2.75, 3.05) is 0 Å². The molecule has 0 fully saturated rings. The first-order chi connectivity index (χ1) is 4.63. The molecule has 0 bridgehead atoms. The van der Waals surface area contributed by atoms with Crippen molar-refractivity contribution in [1.82, 2.24) is 0 Å². The molecule has 0 radical (unpaired) electrons. The Morgan fingerprint density at radius 1 is 1.60 bits per heavy atom. The maximum absolute atomic E-state index is 5.76. The van der Waals surface area contributed by atoms with Crippen LogP contribution in [0.3, 0.4) is 0 Å². The lowest BCUT2D eigenvalue weighted by molar-refractivity contribution is 1.31. The molecule has 0 aromatic heterocycles. The van der Waals surface area contributed by atoms with E-state index in [1.165, 1.54) is 0 Å². The highest BCUT2D eigenvalue weighted by atomic mass is 35.5. The molecule has 2 heteroatoms. The van der Waals surface area contributed by atoms with Crippen LogP contribution in [0.4, 0.5) is 0 Å². The van der Waals surface area contributed by atoms with Crippen LogP contribution in [0.1, 0.15) is 13.8 Å². The van der Waals surface area contributed by atoms with Gasteiger partial charge in [-0.15, -0.1) is 0 Å². The molecule has 2 N–H and O–H groups in total. The molecule has 0 spiro atoms. The fraction of sp³-hybridized carbons (Fsp3) is 0.250. The van der Waals surface area contributed by atoms with E-state index in [0.717, 1.165) is 5.57 Å². The zero-order valence-electron chi connectivity index (χ0n) is 6.32. The monoisotopic (exact) mass is 157 g/mol. The lowest BCUT2D eigenvalue weighted by Crippen LogP contribution is -1.96. The van der Waals surface area contributed by atoms with E-state index in [2.05, 4.69) is 6.58 Å². The van der Waals surface area contributed by atoms with E-state index in [9.17, 15) is 0 Å². The number of hydrogen-bond donors (Lipinski definition) is 1. The fourth-order valence-electron chi connectivity index (χ4n) is 0.507. The van der Waals surface area contributed by atoms with Crippen molar-refractivity contribution in [3.8, 4) is 0 Å². The van der Waals surface area contributed by atoms with Gasteiger partial charge in [0, 0.05) is 10.7 Å². The molecular formula is C8H12ClN. The molecule has 0 aromatic rings. The summed E-state index contributed by atoms with van der Waals surface area (Å²) in [7, 11) is 0. The van der Waals surface area contributed by atoms with Gasteiger partial charge in [0.25, 0.3) is 0 Å². The highest BCUT2D eigenvalue weighted by molar-refractivity contribution is 6.31. The first-order valence-corrected chi connectivity index (χ1v) is 3.42. The molecule has 0 aromatic carbocycles. The average Bonchev–Trinajstić information content (AvgIpc) is 2.00. The Hall–Kier alpha value is -0.690. The first kappa shape index (κ1) is 9.31. The van der Waals surface area contributed by atoms with E-state index in [0.29, 0.717) is 10.7 Å². The second kappa shape index (κ2) is 4.18. The van der Waals surface area contributed by atoms with E-state index in [-0.39, 0.29) is 0 Å². The van der Waals surface area contributed by atoms with Crippen LogP contribution in [0, 0.1) is 0 Å². The van der Waals surface area contributed by atoms with Crippen LogP contribution < -0.4 is 5.73 Å². The second-order valence-electron chi connectivity index (χ2n) is 1.92. The van der Waals surface area contributed by atoms with Gasteiger partial charge in [0.15, 0.2) is 0 Å². The Kier molecular flexibility index (Phi) is 3.89. The maximum atomic E-state index is 5.76. The van der Waals surface area contributed by atoms with E-state index < -0.39 is 0 Å². The van der Waals surface area contributed by atoms with Crippen molar-refractivity contribution in [3.63, 3.8) is 0 Å². The molecule has 0 rings (SSSR count). The van der Waals surface area contributed by atoms with Crippen molar-refractivity contribution in [1.29, 1.82) is 0 Å². The molecule has 0 atom stereocenters. The summed E-state index contributed by atoms with van der Waals surface area (Å²) in [6.45, 7) is 7.25. The summed E-state index contributed by atoms with van der Waals surface area (Å²) in [5.74, 6) is 0. The third kappa shape index (κ3) is 2.28. The van der Waals surface area contributed by atoms with Gasteiger partial charge in [-0.25, -0.2) is 0 Å². The molecule has 0 aliphatic heterocycles. The molecule has 56 valence electrons. The standard InChI is InChI=1S/C8H12ClN/c1-4-7(9)6(3)8(10)5-2/h4-5H,2,10H2,1,3H3/b7-4+,8-6+. The van der Waals surface area contributed by atoms with Crippen molar-refractivity contribution in [3.05, 3.63) is 35.0 Å². The van der Waals surface area contributed by atoms with Gasteiger partial charge in [-0.3, -0.25) is 0 Å². The third-order valence-corrected chi connectivity index (χ3v) is 1.77. The van der Waals surface area contributed by atoms with Gasteiger partial charge < -0.3 is 5.73 Å². The number of hydrogen-bond acceptors (Lipinski definition) is 1. The molecular weight excluding hydrogens is 146 g/mol. The molecule has 10 heavy (non-hydrogen) atoms. The van der Waals surface area contributed by atoms with Gasteiger partial charge in [0.05, 0.1) is 0 Å². The van der Waals surface area contributed by atoms with Gasteiger partial charge in [0.1, 0.15) is 0 Å². The Balaban J connectivity index is 4.63. The zero-order chi connectivity index (χ0) is 8.15. The average molecular weight is 158 g/mol. The molecule has 0 aliphatic rings. The summed E-state index contributed by atoms with van der Waals surface area (Å²) in [6, 6.07) is 0. The number of halogens is 1. The highest BCUT2D eigenvalue weighted by Gasteiger charge is 1.96. The van der Waals surface area contributed by atoms with Crippen LogP contribution in [-0.2, 0) is 0 Å². The van der Waals surface area contributed by atoms with Crippen LogP contribution >= 0.6 is 11.6 Å². The fourth-order valence-corrected chi connectivity index (χ4v) is 0.617. The van der Waals surface area contributed by atoms with Crippen molar-refractivity contribution >= 4 is 11.6 Å². The summed E-state index contributed by atoms with van der Waals surface area (Å²) in [6.07, 6.45) is 3.38. The van der Waals surface area contributed by atoms with Gasteiger partial charge in [0.2, 0.25) is 0 Å². The Morgan fingerprint density at radius 3 is 2.40 bits per heavy atom. The number of rotatable bonds is 2. The smallest absolute Gasteiger partial charge is 0.0413 e. The second-order valence-corrected chi connectivity index (χ2v) is 2.33.